The van der Waals surface area contributed by atoms with Crippen LogP contribution in [0.25, 0.3) is 0 Å². The Balaban J connectivity index is 0.909. The van der Waals surface area contributed by atoms with Crippen molar-refractivity contribution < 1.29 is 37.9 Å². The van der Waals surface area contributed by atoms with E-state index in [4.69, 9.17) is 37.9 Å². The Morgan fingerprint density at radius 3 is 0.514 bits per heavy atom. The van der Waals surface area contributed by atoms with E-state index in [1.54, 1.807) is 0 Å². The van der Waals surface area contributed by atoms with E-state index in [9.17, 15) is 0 Å². The molecule has 8 aliphatic rings. The SMILES string of the molecule is CCCCCCSC1=C2SCc3cc4c(OCCC)c(c3)Cc3cccc(c3OCCC)Cc3cc(cc(c3OCCC)Cc3cccc(c3OCCC)C4)CSC3=C(SCCCCCC)S/C(=C4/SC(SCCCCCC)=C(SCc5cc6c(OCCC)c(c5)Cc5cccc(c5OCCC)Cc5cc(cc(c5OCCC)Cc5cccc(c5OCCC)C6)CSC5=C(SCCCCCC)S/C(=C(\S1)S2)S5)S4)S3. The van der Waals surface area contributed by atoms with Crippen molar-refractivity contribution in [2.45, 2.75) is 312 Å². The van der Waals surface area contributed by atoms with Crippen molar-refractivity contribution in [3.05, 3.63) is 283 Å². The van der Waals surface area contributed by atoms with Crippen LogP contribution in [0.1, 0.15) is 348 Å². The Morgan fingerprint density at radius 1 is 0.188 bits per heavy atom. The van der Waals surface area contributed by atoms with Gasteiger partial charge in [-0.15, -0.1) is 94.1 Å². The molecule has 16 rings (SSSR count). The van der Waals surface area contributed by atoms with E-state index in [0.29, 0.717) is 104 Å². The molecule has 0 spiro atoms. The molecule has 24 heteroatoms. The molecule has 776 valence electrons. The number of thioether (sulfide) groups is 16. The quantitative estimate of drug-likeness (QED) is 0.0339. The Hall–Kier alpha value is -3.80. The largest absolute Gasteiger partial charge is 0.493 e. The molecule has 0 aromatic heterocycles. The number of unbranched alkanes of at least 4 members (excludes halogenated alkanes) is 12. The van der Waals surface area contributed by atoms with Gasteiger partial charge in [-0.25, -0.2) is 0 Å². The van der Waals surface area contributed by atoms with Gasteiger partial charge < -0.3 is 37.9 Å². The molecule has 8 aromatic rings. The van der Waals surface area contributed by atoms with E-state index < -0.39 is 0 Å². The molecule has 0 fully saturated rings. The van der Waals surface area contributed by atoms with Crippen LogP contribution in [-0.4, -0.2) is 75.9 Å². The fraction of sp³-hybridized carbons (Fsp3) is 0.500. The van der Waals surface area contributed by atoms with Crippen LogP contribution in [0, 0.1) is 0 Å². The van der Waals surface area contributed by atoms with Crippen molar-refractivity contribution in [3.63, 3.8) is 0 Å². The van der Waals surface area contributed by atoms with Crippen LogP contribution in [0.5, 0.6) is 46.0 Å². The monoisotopic (exact) mass is 2230 g/mol. The van der Waals surface area contributed by atoms with E-state index in [2.05, 4.69) is 251 Å². The van der Waals surface area contributed by atoms with Crippen molar-refractivity contribution in [2.75, 3.05) is 75.9 Å². The lowest BCUT2D eigenvalue weighted by Crippen LogP contribution is -2.11. The molecule has 6 heterocycles. The normalized spacial score (nSPS) is 16.6. The van der Waals surface area contributed by atoms with Gasteiger partial charge in [0.05, 0.1) is 104 Å². The molecule has 0 saturated heterocycles. The summed E-state index contributed by atoms with van der Waals surface area (Å²) >= 11 is 32.9. The molecule has 144 heavy (non-hydrogen) atoms. The summed E-state index contributed by atoms with van der Waals surface area (Å²) in [6.07, 6.45) is 32.1. The Kier molecular flexibility index (Phi) is 48.7. The minimum absolute atomic E-state index is 0.611. The van der Waals surface area contributed by atoms with Crippen molar-refractivity contribution in [2.24, 2.45) is 0 Å². The predicted octanol–water partition coefficient (Wildman–Crippen LogP) is 39.9. The fourth-order valence-corrected chi connectivity index (χ4v) is 42.6. The van der Waals surface area contributed by atoms with Gasteiger partial charge in [-0.2, -0.15) is 0 Å². The molecule has 8 aromatic carbocycles. The van der Waals surface area contributed by atoms with Gasteiger partial charge in [0.2, 0.25) is 0 Å². The van der Waals surface area contributed by atoms with Gasteiger partial charge in [-0.1, -0.05) is 376 Å². The second-order valence-electron chi connectivity index (χ2n) is 37.9. The third-order valence-corrected chi connectivity index (χ3v) is 49.2. The lowest BCUT2D eigenvalue weighted by molar-refractivity contribution is 0.304. The smallest absolute Gasteiger partial charge is 0.126 e. The van der Waals surface area contributed by atoms with Crippen LogP contribution in [0.2, 0.25) is 0 Å². The molecule has 0 atom stereocenters. The lowest BCUT2D eigenvalue weighted by Gasteiger charge is -2.24. The van der Waals surface area contributed by atoms with Crippen LogP contribution >= 0.6 is 188 Å². The van der Waals surface area contributed by atoms with Crippen LogP contribution < -0.4 is 37.9 Å². The summed E-state index contributed by atoms with van der Waals surface area (Å²) in [4.78, 5) is 0. The van der Waals surface area contributed by atoms with Gasteiger partial charge >= 0.3 is 0 Å². The molecule has 0 N–H and O–H groups in total. The van der Waals surface area contributed by atoms with Gasteiger partial charge in [0.25, 0.3) is 0 Å². The summed E-state index contributed by atoms with van der Waals surface area (Å²) in [5.74, 6) is 15.5. The number of ether oxygens (including phenoxy) is 8. The zero-order valence-electron chi connectivity index (χ0n) is 87.3. The summed E-state index contributed by atoms with van der Waals surface area (Å²) in [5, 5.41) is 0. The third kappa shape index (κ3) is 32.2. The second-order valence-corrected chi connectivity index (χ2v) is 57.5. The van der Waals surface area contributed by atoms with Gasteiger partial charge in [-0.05, 0) is 211 Å². The van der Waals surface area contributed by atoms with Gasteiger partial charge in [-0.3, -0.25) is 0 Å². The van der Waals surface area contributed by atoms with Crippen LogP contribution in [0.4, 0.5) is 0 Å². The van der Waals surface area contributed by atoms with Crippen molar-refractivity contribution >= 4 is 188 Å². The predicted molar refractivity (Wildman–Crippen MR) is 655 cm³/mol. The number of fused-ring (bicyclic) bond motifs is 4. The summed E-state index contributed by atoms with van der Waals surface area (Å²) < 4.78 is 75.3. The first-order valence-corrected chi connectivity index (χ1v) is 68.2. The molecule has 8 nitrogen and oxygen atoms in total. The Morgan fingerprint density at radius 2 is 0.354 bits per heavy atom. The number of benzene rings is 8. The number of para-hydroxylation sites is 4. The summed E-state index contributed by atoms with van der Waals surface area (Å²) in [7, 11) is 0. The number of hydrogen-bond donors (Lipinski definition) is 0. The average Bonchev–Trinajstić information content (AvgIpc) is 0.874. The summed E-state index contributed by atoms with van der Waals surface area (Å²) in [5.41, 5.74) is 24.2. The van der Waals surface area contributed by atoms with Crippen LogP contribution in [0.15, 0.2) is 172 Å². The summed E-state index contributed by atoms with van der Waals surface area (Å²) in [6, 6.07) is 47.9. The lowest BCUT2D eigenvalue weighted by atomic mass is 9.90. The Bertz CT molecular complexity index is 4920. The summed E-state index contributed by atoms with van der Waals surface area (Å²) in [6.45, 7) is 32.1. The number of rotatable bonds is 48. The fourth-order valence-electron chi connectivity index (χ4n) is 18.6. The first-order valence-electron chi connectivity index (χ1n) is 53.8. The van der Waals surface area contributed by atoms with E-state index >= 15 is 0 Å². The van der Waals surface area contributed by atoms with Crippen molar-refractivity contribution in [3.8, 4) is 46.0 Å². The first kappa shape index (κ1) is 114. The first-order chi connectivity index (χ1) is 70.8. The maximum Gasteiger partial charge on any atom is 0.126 e. The highest BCUT2D eigenvalue weighted by Crippen LogP contribution is 2.69. The maximum absolute atomic E-state index is 7.27. The molecule has 2 aliphatic carbocycles. The van der Waals surface area contributed by atoms with Crippen molar-refractivity contribution in [1.82, 2.24) is 0 Å². The maximum atomic E-state index is 7.27. The topological polar surface area (TPSA) is 73.8 Å². The van der Waals surface area contributed by atoms with Gasteiger partial charge in [0.15, 0.2) is 0 Å². The standard InChI is InChI=1S/C120H152O8S16/c1-13-25-29-33-57-129-109-113-133-77-81-61-93-69-85-41-37-43-87(101(85)121-49-17-5)71-97-65-83(66-98(107(97)127-55-23-11)72-88-44-38-42-86(102(88)122-50-18-6)70-94(62-81)105(93)125-53-21-9)79-135-115-111(131-59-35-31-27-15-3)139-119(143-115)120-140-112(132-60-36-32-28-16-4)116(144-120)136-80-84-67-99-75-91-47-39-45-89(103(91)123-51-19-7)73-95-63-82(78-134-114-110(130-58-34-30-26-14-2)138-118(142-114)117(137-109)141-113)64-96(106(95)126-54-22-10)74-90-46-40-48-92(104(90)124-52-20-8)76-100(68-84)108(99)128-56-24-12/h37-48,61-68H,13-36,49-60,69-80H2,1-12H3/b118-117-,120-119+. The highest BCUT2D eigenvalue weighted by atomic mass is 32.3. The number of hydrogen-bond acceptors (Lipinski definition) is 24. The zero-order chi connectivity index (χ0) is 100. The second kappa shape index (κ2) is 61.3. The Labute approximate surface area is 933 Å². The minimum atomic E-state index is 0.611. The zero-order valence-corrected chi connectivity index (χ0v) is 100. The molecule has 0 unspecified atom stereocenters. The molecular formula is C120H152O8S16. The van der Waals surface area contributed by atoms with E-state index in [1.165, 1.54) is 265 Å². The molecule has 0 amide bonds. The van der Waals surface area contributed by atoms with E-state index in [-0.39, 0.29) is 0 Å². The molecule has 0 radical (unpaired) electrons. The molecule has 6 aliphatic heterocycles. The van der Waals surface area contributed by atoms with E-state index in [1.807, 2.05) is 141 Å². The average molecular weight is 2240 g/mol. The third-order valence-electron chi connectivity index (χ3n) is 25.5. The minimum Gasteiger partial charge on any atom is -0.493 e. The molecule has 28 bridgehead atoms. The van der Waals surface area contributed by atoms with Crippen LogP contribution in [-0.2, 0) is 74.4 Å². The van der Waals surface area contributed by atoms with E-state index in [0.717, 1.165) is 143 Å². The highest BCUT2D eigenvalue weighted by molar-refractivity contribution is 8.46. The molecular weight excluding hydrogens is 2080 g/mol. The molecule has 0 saturated carbocycles. The van der Waals surface area contributed by atoms with Gasteiger partial charge in [0.1, 0.15) is 46.0 Å². The van der Waals surface area contributed by atoms with Crippen LogP contribution in [0.3, 0.4) is 0 Å². The highest BCUT2D eigenvalue weighted by Gasteiger charge is 2.36. The van der Waals surface area contributed by atoms with Crippen molar-refractivity contribution in [1.29, 1.82) is 0 Å². The van der Waals surface area contributed by atoms with Gasteiger partial charge in [0, 0.05) is 74.4 Å².